The molecule has 0 atom stereocenters. The molecule has 0 saturated carbocycles. The molecule has 1 aliphatic carbocycles. The van der Waals surface area contributed by atoms with Crippen molar-refractivity contribution in [3.05, 3.63) is 94.1 Å². The molecule has 0 amide bonds. The highest BCUT2D eigenvalue weighted by Gasteiger charge is 2.34. The van der Waals surface area contributed by atoms with E-state index in [-0.39, 0.29) is 23.4 Å². The van der Waals surface area contributed by atoms with Crippen molar-refractivity contribution < 1.29 is 35.5 Å². The van der Waals surface area contributed by atoms with Crippen LogP contribution in [0.3, 0.4) is 0 Å². The molecular formula is C28H23F7O. The maximum atomic E-state index is 15.0. The summed E-state index contributed by atoms with van der Waals surface area (Å²) in [6.07, 6.45) is 1.07. The highest BCUT2D eigenvalue weighted by Crippen LogP contribution is 2.37. The lowest BCUT2D eigenvalue weighted by Gasteiger charge is -2.20. The second-order valence-electron chi connectivity index (χ2n) is 8.80. The van der Waals surface area contributed by atoms with Gasteiger partial charge in [0, 0.05) is 11.1 Å². The summed E-state index contributed by atoms with van der Waals surface area (Å²) in [5, 5.41) is 0. The SMILES string of the molecule is CCCCCc1ccc(C2=CCc3cc(-c4cc(F)c(OC(F)(F)F)c(F)c4)c(F)cc3C2)c(F)c1. The van der Waals surface area contributed by atoms with Crippen molar-refractivity contribution in [1.82, 2.24) is 0 Å². The van der Waals surface area contributed by atoms with Gasteiger partial charge in [-0.3, -0.25) is 0 Å². The fourth-order valence-corrected chi connectivity index (χ4v) is 4.43. The second-order valence-corrected chi connectivity index (χ2v) is 8.80. The molecule has 8 heteroatoms. The van der Waals surface area contributed by atoms with Crippen molar-refractivity contribution in [2.75, 3.05) is 0 Å². The summed E-state index contributed by atoms with van der Waals surface area (Å²) in [4.78, 5) is 0. The van der Waals surface area contributed by atoms with Crippen LogP contribution in [-0.2, 0) is 19.3 Å². The van der Waals surface area contributed by atoms with Crippen molar-refractivity contribution in [3.8, 4) is 16.9 Å². The first-order chi connectivity index (χ1) is 17.1. The third-order valence-corrected chi connectivity index (χ3v) is 6.21. The summed E-state index contributed by atoms with van der Waals surface area (Å²) >= 11 is 0. The van der Waals surface area contributed by atoms with Crippen LogP contribution < -0.4 is 4.74 Å². The van der Waals surface area contributed by atoms with E-state index in [9.17, 15) is 30.7 Å². The molecule has 0 radical (unpaired) electrons. The fraction of sp³-hybridized carbons (Fsp3) is 0.286. The van der Waals surface area contributed by atoms with E-state index < -0.39 is 29.6 Å². The predicted molar refractivity (Wildman–Crippen MR) is 123 cm³/mol. The van der Waals surface area contributed by atoms with Gasteiger partial charge in [0.05, 0.1) is 0 Å². The van der Waals surface area contributed by atoms with Gasteiger partial charge in [-0.2, -0.15) is 0 Å². The minimum Gasteiger partial charge on any atom is -0.399 e. The fourth-order valence-electron chi connectivity index (χ4n) is 4.43. The standard InChI is InChI=1S/C28H23F7O/c1-2-3-4-5-16-6-9-21(23(29)10-16)18-8-7-17-12-22(24(30)13-19(17)11-18)20-14-25(31)27(26(32)15-20)36-28(33,34)35/h6,8-10,12-15H,2-5,7,11H2,1H3. The first-order valence-corrected chi connectivity index (χ1v) is 11.6. The van der Waals surface area contributed by atoms with Crippen LogP contribution in [0.1, 0.15) is 48.4 Å². The number of unbranched alkanes of at least 4 members (excludes halogenated alkanes) is 2. The molecule has 0 aromatic heterocycles. The quantitative estimate of drug-likeness (QED) is 0.229. The highest BCUT2D eigenvalue weighted by molar-refractivity contribution is 5.74. The van der Waals surface area contributed by atoms with E-state index in [1.807, 2.05) is 12.1 Å². The molecule has 0 bridgehead atoms. The number of halogens is 7. The van der Waals surface area contributed by atoms with E-state index in [0.29, 0.717) is 40.8 Å². The van der Waals surface area contributed by atoms with E-state index in [1.165, 1.54) is 18.2 Å². The Morgan fingerprint density at radius 2 is 1.47 bits per heavy atom. The van der Waals surface area contributed by atoms with E-state index in [1.54, 1.807) is 6.07 Å². The molecule has 0 fully saturated rings. The summed E-state index contributed by atoms with van der Waals surface area (Å²) in [6, 6.07) is 8.96. The van der Waals surface area contributed by atoms with Crippen LogP contribution >= 0.6 is 0 Å². The Labute approximate surface area is 204 Å². The van der Waals surface area contributed by atoms with Gasteiger partial charge in [-0.05, 0) is 83.8 Å². The summed E-state index contributed by atoms with van der Waals surface area (Å²) in [5.41, 5.74) is 2.90. The van der Waals surface area contributed by atoms with Crippen molar-refractivity contribution in [2.24, 2.45) is 0 Å². The predicted octanol–water partition coefficient (Wildman–Crippen LogP) is 8.72. The van der Waals surface area contributed by atoms with Crippen LogP contribution in [0.4, 0.5) is 30.7 Å². The molecule has 0 spiro atoms. The number of alkyl halides is 3. The summed E-state index contributed by atoms with van der Waals surface area (Å²) in [6.45, 7) is 2.10. The van der Waals surface area contributed by atoms with Gasteiger partial charge < -0.3 is 4.74 Å². The smallest absolute Gasteiger partial charge is 0.399 e. The summed E-state index contributed by atoms with van der Waals surface area (Å²) < 4.78 is 98.7. The van der Waals surface area contributed by atoms with Crippen LogP contribution in [0.25, 0.3) is 16.7 Å². The zero-order valence-electron chi connectivity index (χ0n) is 19.4. The lowest BCUT2D eigenvalue weighted by molar-refractivity contribution is -0.276. The van der Waals surface area contributed by atoms with E-state index >= 15 is 0 Å². The Bertz CT molecular complexity index is 1280. The number of ether oxygens (including phenoxy) is 1. The number of hydrogen-bond donors (Lipinski definition) is 0. The molecule has 0 heterocycles. The van der Waals surface area contributed by atoms with Crippen molar-refractivity contribution in [2.45, 2.75) is 51.8 Å². The van der Waals surface area contributed by atoms with E-state index in [0.717, 1.165) is 31.2 Å². The molecule has 1 nitrogen and oxygen atoms in total. The lowest BCUT2D eigenvalue weighted by Crippen LogP contribution is -2.19. The van der Waals surface area contributed by atoms with Gasteiger partial charge in [-0.15, -0.1) is 13.2 Å². The Kier molecular flexibility index (Phi) is 7.43. The average molecular weight is 508 g/mol. The molecule has 1 aliphatic rings. The van der Waals surface area contributed by atoms with Gasteiger partial charge in [0.15, 0.2) is 11.6 Å². The maximum absolute atomic E-state index is 15.0. The first kappa shape index (κ1) is 25.8. The monoisotopic (exact) mass is 508 g/mol. The number of rotatable bonds is 7. The Balaban J connectivity index is 1.58. The van der Waals surface area contributed by atoms with Gasteiger partial charge in [-0.25, -0.2) is 17.6 Å². The summed E-state index contributed by atoms with van der Waals surface area (Å²) in [7, 11) is 0. The van der Waals surface area contributed by atoms with Crippen molar-refractivity contribution >= 4 is 5.57 Å². The van der Waals surface area contributed by atoms with Gasteiger partial charge in [0.1, 0.15) is 11.6 Å². The lowest BCUT2D eigenvalue weighted by atomic mass is 9.85. The number of allylic oxidation sites excluding steroid dienone is 2. The zero-order valence-corrected chi connectivity index (χ0v) is 19.4. The highest BCUT2D eigenvalue weighted by atomic mass is 19.4. The third kappa shape index (κ3) is 5.74. The number of benzene rings is 3. The Hall–Kier alpha value is -3.29. The second kappa shape index (κ2) is 10.4. The van der Waals surface area contributed by atoms with Crippen LogP contribution in [0.15, 0.2) is 48.5 Å². The third-order valence-electron chi connectivity index (χ3n) is 6.21. The van der Waals surface area contributed by atoms with Gasteiger partial charge >= 0.3 is 6.36 Å². The Morgan fingerprint density at radius 1 is 0.778 bits per heavy atom. The van der Waals surface area contributed by atoms with Gasteiger partial charge in [0.2, 0.25) is 5.75 Å². The number of fused-ring (bicyclic) bond motifs is 1. The molecule has 0 saturated heterocycles. The minimum absolute atomic E-state index is 0.162. The van der Waals surface area contributed by atoms with Crippen molar-refractivity contribution in [3.63, 3.8) is 0 Å². The van der Waals surface area contributed by atoms with Crippen LogP contribution in [0.2, 0.25) is 0 Å². The molecule has 4 rings (SSSR count). The molecule has 3 aromatic rings. The molecular weight excluding hydrogens is 485 g/mol. The molecule has 0 N–H and O–H groups in total. The molecule has 0 unspecified atom stereocenters. The Morgan fingerprint density at radius 3 is 2.11 bits per heavy atom. The summed E-state index contributed by atoms with van der Waals surface area (Å²) in [5.74, 6) is -5.95. The zero-order chi connectivity index (χ0) is 26.0. The van der Waals surface area contributed by atoms with E-state index in [4.69, 9.17) is 0 Å². The molecule has 190 valence electrons. The maximum Gasteiger partial charge on any atom is 0.573 e. The first-order valence-electron chi connectivity index (χ1n) is 11.6. The van der Waals surface area contributed by atoms with Crippen LogP contribution in [0, 0.1) is 23.3 Å². The van der Waals surface area contributed by atoms with Crippen LogP contribution in [-0.4, -0.2) is 6.36 Å². The topological polar surface area (TPSA) is 9.23 Å². The van der Waals surface area contributed by atoms with E-state index in [2.05, 4.69) is 11.7 Å². The minimum atomic E-state index is -5.28. The number of aryl methyl sites for hydroxylation is 1. The van der Waals surface area contributed by atoms with Crippen molar-refractivity contribution in [1.29, 1.82) is 0 Å². The molecule has 36 heavy (non-hydrogen) atoms. The van der Waals surface area contributed by atoms with Gasteiger partial charge in [0.25, 0.3) is 0 Å². The average Bonchev–Trinajstić information content (AvgIpc) is 2.80. The van der Waals surface area contributed by atoms with Gasteiger partial charge in [-0.1, -0.05) is 38.0 Å². The molecule has 3 aromatic carbocycles. The normalized spacial score (nSPS) is 13.4. The molecule has 0 aliphatic heterocycles. The van der Waals surface area contributed by atoms with Crippen LogP contribution in [0.5, 0.6) is 5.75 Å². The number of hydrogen-bond acceptors (Lipinski definition) is 1. The largest absolute Gasteiger partial charge is 0.573 e.